The highest BCUT2D eigenvalue weighted by Gasteiger charge is 2.12. The molecule has 5 rings (SSSR count). The third-order valence-electron chi connectivity index (χ3n) is 4.02. The largest absolute Gasteiger partial charge is 0.285 e. The first kappa shape index (κ1) is 11.5. The maximum atomic E-state index is 4.85. The van der Waals surface area contributed by atoms with Crippen LogP contribution < -0.4 is 0 Å². The zero-order chi connectivity index (χ0) is 14.5. The molecule has 0 unspecified atom stereocenters. The van der Waals surface area contributed by atoms with Gasteiger partial charge in [-0.15, -0.1) is 0 Å². The lowest BCUT2D eigenvalue weighted by molar-refractivity contribution is 1.10. The average molecular weight is 284 g/mol. The quantitative estimate of drug-likeness (QED) is 0.469. The summed E-state index contributed by atoms with van der Waals surface area (Å²) in [5, 5.41) is 1.12. The molecule has 0 atom stereocenters. The normalized spacial score (nSPS) is 11.6. The summed E-state index contributed by atoms with van der Waals surface area (Å²) < 4.78 is 4.16. The van der Waals surface area contributed by atoms with Gasteiger partial charge in [-0.25, -0.2) is 9.97 Å². The van der Waals surface area contributed by atoms with Crippen LogP contribution in [0.5, 0.6) is 0 Å². The third-order valence-corrected chi connectivity index (χ3v) is 4.02. The molecule has 0 saturated heterocycles. The Labute approximate surface area is 126 Å². The molecule has 0 amide bonds. The van der Waals surface area contributed by atoms with E-state index in [0.717, 1.165) is 33.6 Å². The topological polar surface area (TPSA) is 34.6 Å². The molecule has 3 heterocycles. The summed E-state index contributed by atoms with van der Waals surface area (Å²) in [4.78, 5) is 9.34. The van der Waals surface area contributed by atoms with E-state index in [0.29, 0.717) is 0 Å². The fourth-order valence-corrected chi connectivity index (χ4v) is 3.01. The molecule has 0 bridgehead atoms. The van der Waals surface area contributed by atoms with Crippen molar-refractivity contribution in [3.8, 4) is 11.3 Å². The van der Waals surface area contributed by atoms with Crippen molar-refractivity contribution >= 4 is 22.3 Å². The van der Waals surface area contributed by atoms with Gasteiger partial charge >= 0.3 is 0 Å². The molecule has 5 aromatic rings. The maximum Gasteiger partial charge on any atom is 0.220 e. The SMILES string of the molecule is c1ccc(-c2cn3c(n2)c2ccccc2n2ccnc23)cc1. The van der Waals surface area contributed by atoms with Crippen LogP contribution in [0.15, 0.2) is 73.2 Å². The van der Waals surface area contributed by atoms with Crippen molar-refractivity contribution in [2.24, 2.45) is 0 Å². The summed E-state index contributed by atoms with van der Waals surface area (Å²) in [6.07, 6.45) is 5.86. The highest BCUT2D eigenvalue weighted by atomic mass is 15.2. The van der Waals surface area contributed by atoms with E-state index in [4.69, 9.17) is 4.98 Å². The first-order valence-electron chi connectivity index (χ1n) is 7.20. The monoisotopic (exact) mass is 284 g/mol. The maximum absolute atomic E-state index is 4.85. The van der Waals surface area contributed by atoms with Crippen molar-refractivity contribution < 1.29 is 0 Å². The third kappa shape index (κ3) is 1.46. The summed E-state index contributed by atoms with van der Waals surface area (Å²) in [5.41, 5.74) is 4.13. The van der Waals surface area contributed by atoms with Gasteiger partial charge in [0.2, 0.25) is 5.78 Å². The molecule has 22 heavy (non-hydrogen) atoms. The number of hydrogen-bond donors (Lipinski definition) is 0. The molecule has 0 radical (unpaired) electrons. The van der Waals surface area contributed by atoms with Crippen LogP contribution >= 0.6 is 0 Å². The standard InChI is InChI=1S/C18H12N4/c1-2-6-13(7-3-1)15-12-22-17(20-15)14-8-4-5-9-16(14)21-11-10-19-18(21)22/h1-12H. The fraction of sp³-hybridized carbons (Fsp3) is 0. The number of rotatable bonds is 1. The fourth-order valence-electron chi connectivity index (χ4n) is 3.01. The van der Waals surface area contributed by atoms with Crippen molar-refractivity contribution in [2.75, 3.05) is 0 Å². The van der Waals surface area contributed by atoms with Crippen LogP contribution in [0.4, 0.5) is 0 Å². The van der Waals surface area contributed by atoms with Crippen molar-refractivity contribution in [1.29, 1.82) is 0 Å². The van der Waals surface area contributed by atoms with Crippen molar-refractivity contribution in [2.45, 2.75) is 0 Å². The van der Waals surface area contributed by atoms with Gasteiger partial charge in [0, 0.05) is 29.5 Å². The Morgan fingerprint density at radius 1 is 0.818 bits per heavy atom. The molecule has 3 aromatic heterocycles. The zero-order valence-corrected chi connectivity index (χ0v) is 11.7. The van der Waals surface area contributed by atoms with Gasteiger partial charge in [0.1, 0.15) is 5.65 Å². The van der Waals surface area contributed by atoms with Crippen molar-refractivity contribution in [1.82, 2.24) is 18.8 Å². The van der Waals surface area contributed by atoms with Crippen LogP contribution in [0.1, 0.15) is 0 Å². The van der Waals surface area contributed by atoms with Gasteiger partial charge in [-0.3, -0.25) is 8.80 Å². The van der Waals surface area contributed by atoms with Gasteiger partial charge in [-0.1, -0.05) is 42.5 Å². The Morgan fingerprint density at radius 3 is 2.55 bits per heavy atom. The molecule has 104 valence electrons. The number of para-hydroxylation sites is 1. The molecule has 4 heteroatoms. The minimum atomic E-state index is 0.878. The second-order valence-corrected chi connectivity index (χ2v) is 5.30. The van der Waals surface area contributed by atoms with Crippen LogP contribution in [-0.2, 0) is 0 Å². The molecule has 0 aliphatic rings. The summed E-state index contributed by atoms with van der Waals surface area (Å²) in [6.45, 7) is 0. The van der Waals surface area contributed by atoms with Gasteiger partial charge in [0.25, 0.3) is 0 Å². The number of aromatic nitrogens is 4. The number of benzene rings is 2. The van der Waals surface area contributed by atoms with E-state index in [1.807, 2.05) is 42.7 Å². The lowest BCUT2D eigenvalue weighted by Gasteiger charge is -2.04. The molecule has 0 N–H and O–H groups in total. The molecule has 4 nitrogen and oxygen atoms in total. The summed E-state index contributed by atoms with van der Waals surface area (Å²) in [6, 6.07) is 18.5. The highest BCUT2D eigenvalue weighted by molar-refractivity contribution is 5.94. The van der Waals surface area contributed by atoms with Crippen LogP contribution in [-0.4, -0.2) is 18.8 Å². The van der Waals surface area contributed by atoms with E-state index in [1.54, 1.807) is 0 Å². The molecule has 0 aliphatic heterocycles. The number of imidazole rings is 2. The van der Waals surface area contributed by atoms with Gasteiger partial charge in [-0.2, -0.15) is 0 Å². The smallest absolute Gasteiger partial charge is 0.220 e. The van der Waals surface area contributed by atoms with Crippen LogP contribution in [0.3, 0.4) is 0 Å². The lowest BCUT2D eigenvalue weighted by atomic mass is 10.2. The van der Waals surface area contributed by atoms with E-state index < -0.39 is 0 Å². The highest BCUT2D eigenvalue weighted by Crippen LogP contribution is 2.26. The average Bonchev–Trinajstić information content (AvgIpc) is 3.23. The van der Waals surface area contributed by atoms with Gasteiger partial charge in [0.05, 0.1) is 11.2 Å². The van der Waals surface area contributed by atoms with E-state index >= 15 is 0 Å². The van der Waals surface area contributed by atoms with Gasteiger partial charge in [0.15, 0.2) is 0 Å². The van der Waals surface area contributed by atoms with Gasteiger partial charge in [-0.05, 0) is 12.1 Å². The molecular formula is C18H12N4. The summed E-state index contributed by atoms with van der Waals surface area (Å²) in [5.74, 6) is 0.878. The van der Waals surface area contributed by atoms with Crippen LogP contribution in [0, 0.1) is 0 Å². The Hall–Kier alpha value is -3.14. The predicted octanol–water partition coefficient (Wildman–Crippen LogP) is 3.80. The summed E-state index contributed by atoms with van der Waals surface area (Å²) in [7, 11) is 0. The van der Waals surface area contributed by atoms with E-state index in [1.165, 1.54) is 0 Å². The number of nitrogens with zero attached hydrogens (tertiary/aromatic N) is 4. The molecule has 0 saturated carbocycles. The number of fused-ring (bicyclic) bond motifs is 6. The van der Waals surface area contributed by atoms with E-state index in [2.05, 4.69) is 44.2 Å². The first-order chi connectivity index (χ1) is 10.9. The minimum Gasteiger partial charge on any atom is -0.285 e. The van der Waals surface area contributed by atoms with E-state index in [9.17, 15) is 0 Å². The first-order valence-corrected chi connectivity index (χ1v) is 7.20. The molecule has 0 spiro atoms. The Balaban J connectivity index is 1.98. The van der Waals surface area contributed by atoms with Crippen LogP contribution in [0.2, 0.25) is 0 Å². The van der Waals surface area contributed by atoms with Gasteiger partial charge < -0.3 is 0 Å². The Bertz CT molecular complexity index is 1120. The second kappa shape index (κ2) is 4.18. The van der Waals surface area contributed by atoms with Crippen molar-refractivity contribution in [3.63, 3.8) is 0 Å². The van der Waals surface area contributed by atoms with Crippen molar-refractivity contribution in [3.05, 3.63) is 73.2 Å². The summed E-state index contributed by atoms with van der Waals surface area (Å²) >= 11 is 0. The Kier molecular flexibility index (Phi) is 2.19. The molecule has 0 aliphatic carbocycles. The Morgan fingerprint density at radius 2 is 1.64 bits per heavy atom. The molecular weight excluding hydrogens is 272 g/mol. The number of hydrogen-bond acceptors (Lipinski definition) is 2. The molecule has 2 aromatic carbocycles. The predicted molar refractivity (Wildman–Crippen MR) is 86.9 cm³/mol. The lowest BCUT2D eigenvalue weighted by Crippen LogP contribution is -1.96. The zero-order valence-electron chi connectivity index (χ0n) is 11.7. The minimum absolute atomic E-state index is 0.878. The second-order valence-electron chi connectivity index (χ2n) is 5.30. The van der Waals surface area contributed by atoms with E-state index in [-0.39, 0.29) is 0 Å². The van der Waals surface area contributed by atoms with Crippen LogP contribution in [0.25, 0.3) is 33.6 Å². The molecule has 0 fully saturated rings.